The molecule has 1 aliphatic heterocycles. The van der Waals surface area contributed by atoms with Crippen LogP contribution in [0.5, 0.6) is 11.5 Å². The zero-order valence-electron chi connectivity index (χ0n) is 10.5. The van der Waals surface area contributed by atoms with Crippen molar-refractivity contribution in [3.63, 3.8) is 0 Å². The van der Waals surface area contributed by atoms with E-state index in [1.807, 2.05) is 18.2 Å². The number of nitrogens with one attached hydrogen (secondary N) is 1. The molecular formula is C15H15NO2. The van der Waals surface area contributed by atoms with Gasteiger partial charge in [0, 0.05) is 17.4 Å². The summed E-state index contributed by atoms with van der Waals surface area (Å²) in [6.45, 7) is 4.51. The van der Waals surface area contributed by atoms with Crippen LogP contribution >= 0.6 is 0 Å². The molecule has 0 atom stereocenters. The summed E-state index contributed by atoms with van der Waals surface area (Å²) in [5, 5.41) is 3.43. The minimum atomic E-state index is 0.308. The first kappa shape index (κ1) is 11.0. The van der Waals surface area contributed by atoms with Crippen molar-refractivity contribution >= 4 is 11.4 Å². The predicted molar refractivity (Wildman–Crippen MR) is 71.8 cm³/mol. The fourth-order valence-electron chi connectivity index (χ4n) is 2.13. The maximum absolute atomic E-state index is 5.38. The van der Waals surface area contributed by atoms with Gasteiger partial charge in [0.05, 0.1) is 0 Å². The van der Waals surface area contributed by atoms with Crippen LogP contribution in [0.25, 0.3) is 0 Å². The Bertz CT molecular complexity index is 573. The molecule has 0 unspecified atom stereocenters. The summed E-state index contributed by atoms with van der Waals surface area (Å²) >= 11 is 0. The van der Waals surface area contributed by atoms with Crippen LogP contribution in [0.4, 0.5) is 11.4 Å². The Morgan fingerprint density at radius 1 is 0.944 bits per heavy atom. The minimum Gasteiger partial charge on any atom is -0.454 e. The van der Waals surface area contributed by atoms with Gasteiger partial charge in [-0.05, 0) is 37.1 Å². The topological polar surface area (TPSA) is 30.5 Å². The van der Waals surface area contributed by atoms with Gasteiger partial charge in [0.25, 0.3) is 0 Å². The standard InChI is InChI=1S/C15H15NO2/c1-10-4-3-5-11(2)15(10)16-12-6-7-13-14(8-12)18-9-17-13/h3-8,16H,9H2,1-2H3. The molecular weight excluding hydrogens is 226 g/mol. The van der Waals surface area contributed by atoms with Gasteiger partial charge in [-0.25, -0.2) is 0 Å². The summed E-state index contributed by atoms with van der Waals surface area (Å²) in [6, 6.07) is 12.2. The SMILES string of the molecule is Cc1cccc(C)c1Nc1ccc2c(c1)OCO2. The summed E-state index contributed by atoms with van der Waals surface area (Å²) in [6.07, 6.45) is 0. The van der Waals surface area contributed by atoms with E-state index in [2.05, 4.69) is 37.4 Å². The Hall–Kier alpha value is -2.16. The molecule has 0 fully saturated rings. The molecule has 0 radical (unpaired) electrons. The van der Waals surface area contributed by atoms with Crippen LogP contribution in [0.2, 0.25) is 0 Å². The Balaban J connectivity index is 1.93. The van der Waals surface area contributed by atoms with Gasteiger partial charge < -0.3 is 14.8 Å². The van der Waals surface area contributed by atoms with E-state index in [4.69, 9.17) is 9.47 Å². The predicted octanol–water partition coefficient (Wildman–Crippen LogP) is 3.78. The quantitative estimate of drug-likeness (QED) is 0.868. The second-order valence-corrected chi connectivity index (χ2v) is 4.46. The smallest absolute Gasteiger partial charge is 0.231 e. The number of hydrogen-bond donors (Lipinski definition) is 1. The van der Waals surface area contributed by atoms with Crippen LogP contribution in [0.1, 0.15) is 11.1 Å². The number of ether oxygens (including phenoxy) is 2. The first-order valence-corrected chi connectivity index (χ1v) is 5.97. The number of fused-ring (bicyclic) bond motifs is 1. The van der Waals surface area contributed by atoms with Gasteiger partial charge >= 0.3 is 0 Å². The summed E-state index contributed by atoms with van der Waals surface area (Å²) in [5.41, 5.74) is 4.62. The first-order valence-electron chi connectivity index (χ1n) is 5.97. The number of aryl methyl sites for hydroxylation is 2. The molecule has 0 bridgehead atoms. The second kappa shape index (κ2) is 4.26. The molecule has 1 aliphatic rings. The summed E-state index contributed by atoms with van der Waals surface area (Å²) < 4.78 is 10.7. The maximum Gasteiger partial charge on any atom is 0.231 e. The Labute approximate surface area is 106 Å². The normalized spacial score (nSPS) is 12.6. The molecule has 1 heterocycles. The first-order chi connectivity index (χ1) is 8.74. The van der Waals surface area contributed by atoms with Crippen molar-refractivity contribution < 1.29 is 9.47 Å². The third kappa shape index (κ3) is 1.88. The molecule has 3 heteroatoms. The Kier molecular flexibility index (Phi) is 2.59. The third-order valence-corrected chi connectivity index (χ3v) is 3.12. The molecule has 0 aliphatic carbocycles. The molecule has 2 aromatic rings. The van der Waals surface area contributed by atoms with Crippen LogP contribution < -0.4 is 14.8 Å². The van der Waals surface area contributed by atoms with Crippen molar-refractivity contribution in [3.05, 3.63) is 47.5 Å². The van der Waals surface area contributed by atoms with Gasteiger partial charge in [0.1, 0.15) is 0 Å². The Morgan fingerprint density at radius 3 is 2.44 bits per heavy atom. The zero-order chi connectivity index (χ0) is 12.5. The molecule has 3 rings (SSSR count). The average molecular weight is 241 g/mol. The molecule has 1 N–H and O–H groups in total. The molecule has 0 spiro atoms. The fourth-order valence-corrected chi connectivity index (χ4v) is 2.13. The monoisotopic (exact) mass is 241 g/mol. The van der Waals surface area contributed by atoms with Crippen LogP contribution in [-0.4, -0.2) is 6.79 Å². The second-order valence-electron chi connectivity index (χ2n) is 4.46. The number of hydrogen-bond acceptors (Lipinski definition) is 3. The molecule has 0 aromatic heterocycles. The minimum absolute atomic E-state index is 0.308. The highest BCUT2D eigenvalue weighted by Crippen LogP contribution is 2.35. The van der Waals surface area contributed by atoms with Crippen molar-refractivity contribution in [3.8, 4) is 11.5 Å². The van der Waals surface area contributed by atoms with E-state index in [9.17, 15) is 0 Å². The van der Waals surface area contributed by atoms with Gasteiger partial charge in [-0.1, -0.05) is 18.2 Å². The molecule has 18 heavy (non-hydrogen) atoms. The van der Waals surface area contributed by atoms with Crippen molar-refractivity contribution in [2.75, 3.05) is 12.1 Å². The molecule has 0 amide bonds. The summed E-state index contributed by atoms with van der Waals surface area (Å²) in [5.74, 6) is 1.60. The van der Waals surface area contributed by atoms with Gasteiger partial charge in [0.2, 0.25) is 6.79 Å². The van der Waals surface area contributed by atoms with Gasteiger partial charge in [-0.15, -0.1) is 0 Å². The lowest BCUT2D eigenvalue weighted by Crippen LogP contribution is -1.95. The van der Waals surface area contributed by atoms with Crippen molar-refractivity contribution in [2.24, 2.45) is 0 Å². The Morgan fingerprint density at radius 2 is 1.67 bits per heavy atom. The highest BCUT2D eigenvalue weighted by Gasteiger charge is 2.13. The lowest BCUT2D eigenvalue weighted by atomic mass is 10.1. The van der Waals surface area contributed by atoms with Gasteiger partial charge in [-0.3, -0.25) is 0 Å². The number of benzene rings is 2. The van der Waals surface area contributed by atoms with E-state index in [0.717, 1.165) is 22.9 Å². The maximum atomic E-state index is 5.38. The van der Waals surface area contributed by atoms with E-state index in [1.54, 1.807) is 0 Å². The lowest BCUT2D eigenvalue weighted by Gasteiger charge is -2.12. The van der Waals surface area contributed by atoms with Crippen LogP contribution in [0.3, 0.4) is 0 Å². The lowest BCUT2D eigenvalue weighted by molar-refractivity contribution is 0.174. The average Bonchev–Trinajstić information content (AvgIpc) is 2.81. The van der Waals surface area contributed by atoms with E-state index >= 15 is 0 Å². The number of anilines is 2. The fraction of sp³-hybridized carbons (Fsp3) is 0.200. The van der Waals surface area contributed by atoms with E-state index in [0.29, 0.717) is 6.79 Å². The van der Waals surface area contributed by atoms with Crippen molar-refractivity contribution in [2.45, 2.75) is 13.8 Å². The molecule has 2 aromatic carbocycles. The molecule has 3 nitrogen and oxygen atoms in total. The van der Waals surface area contributed by atoms with Crippen molar-refractivity contribution in [1.82, 2.24) is 0 Å². The zero-order valence-corrected chi connectivity index (χ0v) is 10.5. The third-order valence-electron chi connectivity index (χ3n) is 3.12. The summed E-state index contributed by atoms with van der Waals surface area (Å²) in [7, 11) is 0. The van der Waals surface area contributed by atoms with E-state index in [-0.39, 0.29) is 0 Å². The van der Waals surface area contributed by atoms with Gasteiger partial charge in [-0.2, -0.15) is 0 Å². The van der Waals surface area contributed by atoms with Crippen LogP contribution in [0, 0.1) is 13.8 Å². The van der Waals surface area contributed by atoms with Crippen LogP contribution in [0.15, 0.2) is 36.4 Å². The molecule has 0 saturated heterocycles. The number of para-hydroxylation sites is 1. The van der Waals surface area contributed by atoms with Crippen molar-refractivity contribution in [1.29, 1.82) is 0 Å². The van der Waals surface area contributed by atoms with Gasteiger partial charge in [0.15, 0.2) is 11.5 Å². The largest absolute Gasteiger partial charge is 0.454 e. The van der Waals surface area contributed by atoms with Crippen LogP contribution in [-0.2, 0) is 0 Å². The van der Waals surface area contributed by atoms with E-state index < -0.39 is 0 Å². The van der Waals surface area contributed by atoms with E-state index in [1.165, 1.54) is 11.1 Å². The highest BCUT2D eigenvalue weighted by atomic mass is 16.7. The molecule has 92 valence electrons. The number of rotatable bonds is 2. The summed E-state index contributed by atoms with van der Waals surface area (Å²) in [4.78, 5) is 0. The highest BCUT2D eigenvalue weighted by molar-refractivity contribution is 5.68. The molecule has 0 saturated carbocycles.